The zero-order chi connectivity index (χ0) is 24.4. The molecule has 0 amide bonds. The summed E-state index contributed by atoms with van der Waals surface area (Å²) in [5, 5.41) is 0. The molecule has 1 aliphatic rings. The highest BCUT2D eigenvalue weighted by molar-refractivity contribution is 5.65. The highest BCUT2D eigenvalue weighted by Gasteiger charge is 2.12. The van der Waals surface area contributed by atoms with Crippen molar-refractivity contribution in [1.82, 2.24) is 4.98 Å². The van der Waals surface area contributed by atoms with Crippen molar-refractivity contribution in [2.24, 2.45) is 0 Å². The van der Waals surface area contributed by atoms with E-state index in [1.54, 1.807) is 13.0 Å². The first-order valence-corrected chi connectivity index (χ1v) is 11.5. The fourth-order valence-corrected chi connectivity index (χ4v) is 3.00. The van der Waals surface area contributed by atoms with Crippen LogP contribution in [-0.2, 0) is 28.8 Å². The van der Waals surface area contributed by atoms with Crippen LogP contribution in [0.3, 0.4) is 0 Å². The molecule has 3 rings (SSSR count). The van der Waals surface area contributed by atoms with Gasteiger partial charge in [-0.05, 0) is 76.3 Å². The molecule has 2 aromatic rings. The number of benzene rings is 1. The van der Waals surface area contributed by atoms with Crippen LogP contribution in [0.25, 0.3) is 6.08 Å². The Hall–Kier alpha value is -2.82. The highest BCUT2D eigenvalue weighted by atomic mass is 16.5. The third kappa shape index (κ3) is 11.5. The average molecular weight is 444 g/mol. The molecular formula is C27H41NO4. The van der Waals surface area contributed by atoms with Gasteiger partial charge in [0.1, 0.15) is 11.5 Å². The zero-order valence-corrected chi connectivity index (χ0v) is 21.0. The van der Waals surface area contributed by atoms with Crippen molar-refractivity contribution in [1.29, 1.82) is 0 Å². The Bertz CT molecular complexity index is 821. The molecule has 178 valence electrons. The lowest BCUT2D eigenvalue weighted by atomic mass is 10.1. The van der Waals surface area contributed by atoms with E-state index in [2.05, 4.69) is 34.5 Å². The quantitative estimate of drug-likeness (QED) is 0.358. The maximum absolute atomic E-state index is 9.82. The summed E-state index contributed by atoms with van der Waals surface area (Å²) >= 11 is 0. The van der Waals surface area contributed by atoms with E-state index in [-0.39, 0.29) is 5.97 Å². The second-order valence-corrected chi connectivity index (χ2v) is 6.78. The van der Waals surface area contributed by atoms with Gasteiger partial charge >= 0.3 is 5.97 Å². The molecule has 0 unspecified atom stereocenters. The van der Waals surface area contributed by atoms with Gasteiger partial charge in [0.2, 0.25) is 5.89 Å². The SMILES string of the molecule is C/C=C/c1nc(C)c(CCOc2ccc3c(c2)CCC3)o1.C=CC.CC.CCOC(C)=O. The summed E-state index contributed by atoms with van der Waals surface area (Å²) in [5.41, 5.74) is 3.86. The van der Waals surface area contributed by atoms with Crippen LogP contribution in [0.2, 0.25) is 0 Å². The zero-order valence-electron chi connectivity index (χ0n) is 21.0. The van der Waals surface area contributed by atoms with Crippen LogP contribution in [0.1, 0.15) is 76.4 Å². The second-order valence-electron chi connectivity index (χ2n) is 6.78. The molecule has 0 radical (unpaired) electrons. The third-order valence-electron chi connectivity index (χ3n) is 4.23. The van der Waals surface area contributed by atoms with Gasteiger partial charge in [-0.3, -0.25) is 4.79 Å². The molecule has 0 saturated carbocycles. The number of esters is 1. The number of hydrogen-bond donors (Lipinski definition) is 0. The lowest BCUT2D eigenvalue weighted by molar-refractivity contribution is -0.140. The molecule has 1 aromatic heterocycles. The predicted molar refractivity (Wildman–Crippen MR) is 133 cm³/mol. The largest absolute Gasteiger partial charge is 0.493 e. The monoisotopic (exact) mass is 443 g/mol. The number of fused-ring (bicyclic) bond motifs is 1. The van der Waals surface area contributed by atoms with E-state index in [1.807, 2.05) is 46.8 Å². The maximum Gasteiger partial charge on any atom is 0.302 e. The Labute approximate surface area is 194 Å². The van der Waals surface area contributed by atoms with Crippen molar-refractivity contribution in [3.05, 3.63) is 65.4 Å². The minimum absolute atomic E-state index is 0.211. The van der Waals surface area contributed by atoms with E-state index in [1.165, 1.54) is 37.3 Å². The van der Waals surface area contributed by atoms with Crippen molar-refractivity contribution in [2.75, 3.05) is 13.2 Å². The Balaban J connectivity index is 0.000000740. The van der Waals surface area contributed by atoms with Gasteiger partial charge in [0.05, 0.1) is 18.9 Å². The average Bonchev–Trinajstić information content (AvgIpc) is 3.37. The number of carbonyl (C=O) groups excluding carboxylic acids is 1. The molecular weight excluding hydrogens is 402 g/mol. The fraction of sp³-hybridized carbons (Fsp3) is 0.481. The van der Waals surface area contributed by atoms with Gasteiger partial charge < -0.3 is 13.9 Å². The molecule has 1 aromatic carbocycles. The topological polar surface area (TPSA) is 61.6 Å². The number of allylic oxidation sites excluding steroid dienone is 2. The van der Waals surface area contributed by atoms with E-state index >= 15 is 0 Å². The van der Waals surface area contributed by atoms with Gasteiger partial charge in [0.25, 0.3) is 0 Å². The number of oxazole rings is 1. The van der Waals surface area contributed by atoms with Crippen molar-refractivity contribution in [2.45, 2.75) is 74.1 Å². The van der Waals surface area contributed by atoms with Crippen LogP contribution in [0, 0.1) is 6.92 Å². The van der Waals surface area contributed by atoms with Crippen LogP contribution in [0.5, 0.6) is 5.75 Å². The number of aryl methyl sites for hydroxylation is 3. The molecule has 5 nitrogen and oxygen atoms in total. The summed E-state index contributed by atoms with van der Waals surface area (Å²) in [6, 6.07) is 6.45. The van der Waals surface area contributed by atoms with Crippen molar-refractivity contribution in [3.8, 4) is 5.75 Å². The van der Waals surface area contributed by atoms with E-state index in [4.69, 9.17) is 9.15 Å². The van der Waals surface area contributed by atoms with Gasteiger partial charge in [0.15, 0.2) is 0 Å². The van der Waals surface area contributed by atoms with Crippen LogP contribution in [-0.4, -0.2) is 24.2 Å². The summed E-state index contributed by atoms with van der Waals surface area (Å²) in [6.45, 7) is 17.4. The molecule has 0 bridgehead atoms. The summed E-state index contributed by atoms with van der Waals surface area (Å²) in [4.78, 5) is 14.2. The third-order valence-corrected chi connectivity index (χ3v) is 4.23. The molecule has 32 heavy (non-hydrogen) atoms. The number of rotatable bonds is 6. The van der Waals surface area contributed by atoms with E-state index < -0.39 is 0 Å². The van der Waals surface area contributed by atoms with Crippen LogP contribution >= 0.6 is 0 Å². The van der Waals surface area contributed by atoms with E-state index in [9.17, 15) is 4.79 Å². The lowest BCUT2D eigenvalue weighted by Gasteiger charge is -2.07. The normalized spacial score (nSPS) is 11.1. The Morgan fingerprint density at radius 2 is 1.88 bits per heavy atom. The smallest absolute Gasteiger partial charge is 0.302 e. The number of carbonyl (C=O) groups is 1. The van der Waals surface area contributed by atoms with Crippen LogP contribution < -0.4 is 4.74 Å². The highest BCUT2D eigenvalue weighted by Crippen LogP contribution is 2.26. The molecule has 0 aliphatic heterocycles. The van der Waals surface area contributed by atoms with E-state index in [0.29, 0.717) is 19.1 Å². The molecule has 0 fully saturated rings. The van der Waals surface area contributed by atoms with Gasteiger partial charge in [-0.1, -0.05) is 32.1 Å². The first-order chi connectivity index (χ1) is 15.4. The van der Waals surface area contributed by atoms with Crippen molar-refractivity contribution in [3.63, 3.8) is 0 Å². The number of hydrogen-bond acceptors (Lipinski definition) is 5. The van der Waals surface area contributed by atoms with Crippen molar-refractivity contribution < 1.29 is 18.7 Å². The van der Waals surface area contributed by atoms with Gasteiger partial charge in [-0.25, -0.2) is 4.98 Å². The lowest BCUT2D eigenvalue weighted by Crippen LogP contribution is -2.02. The first-order valence-electron chi connectivity index (χ1n) is 11.5. The molecule has 0 N–H and O–H groups in total. The molecule has 1 heterocycles. The fourth-order valence-electron chi connectivity index (χ4n) is 3.00. The minimum atomic E-state index is -0.211. The molecule has 5 heteroatoms. The molecule has 1 aliphatic carbocycles. The Morgan fingerprint density at radius 1 is 1.22 bits per heavy atom. The number of nitrogens with zero attached hydrogens (tertiary/aromatic N) is 1. The molecule has 0 saturated heterocycles. The predicted octanol–water partition coefficient (Wildman–Crippen LogP) is 6.91. The summed E-state index contributed by atoms with van der Waals surface area (Å²) in [6.07, 6.45) is 9.95. The first kappa shape index (κ1) is 29.2. The van der Waals surface area contributed by atoms with Crippen LogP contribution in [0.15, 0.2) is 41.3 Å². The van der Waals surface area contributed by atoms with Crippen LogP contribution in [0.4, 0.5) is 0 Å². The summed E-state index contributed by atoms with van der Waals surface area (Å²) < 4.78 is 15.9. The number of aromatic nitrogens is 1. The van der Waals surface area contributed by atoms with E-state index in [0.717, 1.165) is 23.6 Å². The summed E-state index contributed by atoms with van der Waals surface area (Å²) in [7, 11) is 0. The van der Waals surface area contributed by atoms with Gasteiger partial charge in [-0.2, -0.15) is 0 Å². The maximum atomic E-state index is 9.82. The Kier molecular flexibility index (Phi) is 16.2. The Morgan fingerprint density at radius 3 is 2.44 bits per heavy atom. The molecule has 0 spiro atoms. The summed E-state index contributed by atoms with van der Waals surface area (Å²) in [5.74, 6) is 2.32. The van der Waals surface area contributed by atoms with Gasteiger partial charge in [-0.15, -0.1) is 6.58 Å². The standard InChI is InChI=1S/C18H21NO2.C4H8O2.C3H6.C2H6/c1-3-5-18-19-13(2)17(21-18)10-11-20-16-9-8-14-6-4-7-15(14)12-16;1-3-6-4(2)5;1-3-2;1-2/h3,5,8-9,12H,4,6-7,10-11H2,1-2H3;3H2,1-2H3;3H,1H2,2H3;1-2H3/b5-3+;;;. The molecule has 0 atom stereocenters. The minimum Gasteiger partial charge on any atom is -0.493 e. The number of ether oxygens (including phenoxy) is 2. The second kappa shape index (κ2) is 17.8. The van der Waals surface area contributed by atoms with Crippen molar-refractivity contribution >= 4 is 12.0 Å². The van der Waals surface area contributed by atoms with Gasteiger partial charge in [0, 0.05) is 13.3 Å².